The molecule has 11 heteroatoms. The number of hydrogen-bond acceptors (Lipinski definition) is 8. The second kappa shape index (κ2) is 9.23. The summed E-state index contributed by atoms with van der Waals surface area (Å²) in [5.74, 6) is 1.18. The Morgan fingerprint density at radius 1 is 1.12 bits per heavy atom. The van der Waals surface area contributed by atoms with Crippen LogP contribution in [0.15, 0.2) is 47.4 Å². The van der Waals surface area contributed by atoms with Crippen molar-refractivity contribution in [2.24, 2.45) is 5.92 Å². The number of nitrogens with one attached hydrogen (secondary N) is 2. The third-order valence-corrected chi connectivity index (χ3v) is 6.84. The Balaban J connectivity index is 1.43. The summed E-state index contributed by atoms with van der Waals surface area (Å²) in [7, 11) is -3.84. The maximum atomic E-state index is 12.8. The second-order valence-electron chi connectivity index (χ2n) is 7.59. The van der Waals surface area contributed by atoms with E-state index in [4.69, 9.17) is 9.47 Å². The molecule has 0 fully saturated rings. The molecule has 168 valence electrons. The molecule has 3 aromatic rings. The normalized spacial score (nSPS) is 12.8. The third kappa shape index (κ3) is 5.23. The van der Waals surface area contributed by atoms with Crippen LogP contribution in [0.1, 0.15) is 34.8 Å². The standard InChI is InChI=1S/C21H22N4O5S2/c1-13(2)8-19-24-25-21(31-19)23-20(26)15-4-3-5-16(10-15)32(27,28)22-11-14-6-7-17-18(9-14)30-12-29-17/h3-7,9-10,13,22H,8,11-12H2,1-2H3,(H,23,25,26). The number of rotatable bonds is 8. The quantitative estimate of drug-likeness (QED) is 0.514. The molecule has 1 aliphatic heterocycles. The molecule has 0 aliphatic carbocycles. The van der Waals surface area contributed by atoms with Gasteiger partial charge in [0.15, 0.2) is 11.5 Å². The van der Waals surface area contributed by atoms with Gasteiger partial charge in [0.25, 0.3) is 5.91 Å². The summed E-state index contributed by atoms with van der Waals surface area (Å²) in [6.45, 7) is 4.37. The largest absolute Gasteiger partial charge is 0.454 e. The number of anilines is 1. The highest BCUT2D eigenvalue weighted by Gasteiger charge is 2.19. The van der Waals surface area contributed by atoms with E-state index in [9.17, 15) is 13.2 Å². The van der Waals surface area contributed by atoms with Gasteiger partial charge in [-0.25, -0.2) is 13.1 Å². The maximum Gasteiger partial charge on any atom is 0.257 e. The smallest absolute Gasteiger partial charge is 0.257 e. The molecule has 2 heterocycles. The topological polar surface area (TPSA) is 120 Å². The second-order valence-corrected chi connectivity index (χ2v) is 10.4. The van der Waals surface area contributed by atoms with Crippen molar-refractivity contribution in [1.82, 2.24) is 14.9 Å². The zero-order chi connectivity index (χ0) is 22.7. The van der Waals surface area contributed by atoms with Crippen LogP contribution in [-0.2, 0) is 23.0 Å². The number of nitrogens with zero attached hydrogens (tertiary/aromatic N) is 2. The van der Waals surface area contributed by atoms with Crippen LogP contribution in [0.2, 0.25) is 0 Å². The van der Waals surface area contributed by atoms with Crippen LogP contribution in [0.3, 0.4) is 0 Å². The SMILES string of the molecule is CC(C)Cc1nnc(NC(=O)c2cccc(S(=O)(=O)NCc3ccc4c(c3)OCO4)c2)s1. The molecule has 0 saturated carbocycles. The van der Waals surface area contributed by atoms with E-state index < -0.39 is 15.9 Å². The van der Waals surface area contributed by atoms with Gasteiger partial charge in [-0.15, -0.1) is 10.2 Å². The first-order chi connectivity index (χ1) is 15.3. The van der Waals surface area contributed by atoms with Gasteiger partial charge in [0.1, 0.15) is 5.01 Å². The molecule has 1 aromatic heterocycles. The van der Waals surface area contributed by atoms with Crippen molar-refractivity contribution in [1.29, 1.82) is 0 Å². The van der Waals surface area contributed by atoms with Crippen LogP contribution in [0.25, 0.3) is 0 Å². The summed E-state index contributed by atoms with van der Waals surface area (Å²) < 4.78 is 38.6. The summed E-state index contributed by atoms with van der Waals surface area (Å²) in [6, 6.07) is 11.0. The summed E-state index contributed by atoms with van der Waals surface area (Å²) in [5, 5.41) is 11.9. The van der Waals surface area contributed by atoms with E-state index >= 15 is 0 Å². The third-order valence-electron chi connectivity index (χ3n) is 4.58. The predicted molar refractivity (Wildman–Crippen MR) is 119 cm³/mol. The van der Waals surface area contributed by atoms with Gasteiger partial charge in [-0.05, 0) is 41.8 Å². The number of hydrogen-bond donors (Lipinski definition) is 2. The van der Waals surface area contributed by atoms with Gasteiger partial charge < -0.3 is 9.47 Å². The van der Waals surface area contributed by atoms with E-state index in [1.54, 1.807) is 24.3 Å². The molecule has 2 aromatic carbocycles. The highest BCUT2D eigenvalue weighted by Crippen LogP contribution is 2.32. The van der Waals surface area contributed by atoms with Crippen molar-refractivity contribution >= 4 is 32.4 Å². The molecule has 4 rings (SSSR count). The molecule has 1 aliphatic rings. The lowest BCUT2D eigenvalue weighted by molar-refractivity contribution is 0.102. The van der Waals surface area contributed by atoms with E-state index in [1.807, 2.05) is 0 Å². The van der Waals surface area contributed by atoms with Crippen LogP contribution in [0.4, 0.5) is 5.13 Å². The van der Waals surface area contributed by atoms with Crippen molar-refractivity contribution in [3.8, 4) is 11.5 Å². The summed E-state index contributed by atoms with van der Waals surface area (Å²) in [6.07, 6.45) is 0.774. The van der Waals surface area contributed by atoms with Gasteiger partial charge in [-0.2, -0.15) is 0 Å². The first-order valence-electron chi connectivity index (χ1n) is 9.92. The van der Waals surface area contributed by atoms with Gasteiger partial charge in [0, 0.05) is 18.5 Å². The molecule has 0 saturated heterocycles. The molecule has 0 bridgehead atoms. The Morgan fingerprint density at radius 3 is 2.75 bits per heavy atom. The van der Waals surface area contributed by atoms with Crippen LogP contribution >= 0.6 is 11.3 Å². The van der Waals surface area contributed by atoms with Gasteiger partial charge in [-0.1, -0.05) is 37.3 Å². The van der Waals surface area contributed by atoms with Gasteiger partial charge in [0.2, 0.25) is 21.9 Å². The van der Waals surface area contributed by atoms with Gasteiger partial charge in [-0.3, -0.25) is 10.1 Å². The average molecular weight is 475 g/mol. The molecule has 0 atom stereocenters. The molecular weight excluding hydrogens is 452 g/mol. The molecule has 32 heavy (non-hydrogen) atoms. The number of carbonyl (C=O) groups is 1. The monoisotopic (exact) mass is 474 g/mol. The zero-order valence-electron chi connectivity index (χ0n) is 17.5. The molecule has 2 N–H and O–H groups in total. The Labute approximate surface area is 189 Å². The Morgan fingerprint density at radius 2 is 1.94 bits per heavy atom. The van der Waals surface area contributed by atoms with Crippen molar-refractivity contribution in [3.63, 3.8) is 0 Å². The summed E-state index contributed by atoms with van der Waals surface area (Å²) in [5.41, 5.74) is 0.928. The highest BCUT2D eigenvalue weighted by molar-refractivity contribution is 7.89. The number of fused-ring (bicyclic) bond motifs is 1. The van der Waals surface area contributed by atoms with E-state index in [0.29, 0.717) is 22.5 Å². The van der Waals surface area contributed by atoms with Crippen molar-refractivity contribution < 1.29 is 22.7 Å². The molecule has 0 spiro atoms. The van der Waals surface area contributed by atoms with Crippen LogP contribution < -0.4 is 19.5 Å². The van der Waals surface area contributed by atoms with Crippen molar-refractivity contribution in [2.45, 2.75) is 31.7 Å². The summed E-state index contributed by atoms with van der Waals surface area (Å²) >= 11 is 1.30. The first kappa shape index (κ1) is 22.2. The van der Waals surface area contributed by atoms with Gasteiger partial charge >= 0.3 is 0 Å². The fourth-order valence-corrected chi connectivity index (χ4v) is 5.03. The number of carbonyl (C=O) groups excluding carboxylic acids is 1. The number of sulfonamides is 1. The van der Waals surface area contributed by atoms with Crippen LogP contribution in [0.5, 0.6) is 11.5 Å². The lowest BCUT2D eigenvalue weighted by Crippen LogP contribution is -2.23. The number of amides is 1. The molecular formula is C21H22N4O5S2. The minimum atomic E-state index is -3.84. The van der Waals surface area contributed by atoms with E-state index in [-0.39, 0.29) is 23.8 Å². The van der Waals surface area contributed by atoms with E-state index in [2.05, 4.69) is 34.1 Å². The minimum absolute atomic E-state index is 0.0105. The molecule has 1 amide bonds. The predicted octanol–water partition coefficient (Wildman–Crippen LogP) is 3.20. The van der Waals surface area contributed by atoms with E-state index in [1.165, 1.54) is 29.5 Å². The Hall–Kier alpha value is -3.02. The lowest BCUT2D eigenvalue weighted by atomic mass is 10.1. The molecule has 9 nitrogen and oxygen atoms in total. The van der Waals surface area contributed by atoms with Crippen LogP contribution in [0, 0.1) is 5.92 Å². The summed E-state index contributed by atoms with van der Waals surface area (Å²) in [4.78, 5) is 12.6. The minimum Gasteiger partial charge on any atom is -0.454 e. The molecule has 0 unspecified atom stereocenters. The van der Waals surface area contributed by atoms with Crippen molar-refractivity contribution in [3.05, 3.63) is 58.6 Å². The van der Waals surface area contributed by atoms with E-state index in [0.717, 1.165) is 17.0 Å². The fraction of sp³-hybridized carbons (Fsp3) is 0.286. The first-order valence-corrected chi connectivity index (χ1v) is 12.2. The fourth-order valence-electron chi connectivity index (χ4n) is 3.02. The van der Waals surface area contributed by atoms with Crippen LogP contribution in [-0.4, -0.2) is 31.3 Å². The maximum absolute atomic E-state index is 12.8. The Kier molecular flexibility index (Phi) is 6.40. The number of benzene rings is 2. The van der Waals surface area contributed by atoms with Gasteiger partial charge in [0.05, 0.1) is 4.90 Å². The highest BCUT2D eigenvalue weighted by atomic mass is 32.2. The Bertz CT molecular complexity index is 1240. The number of ether oxygens (including phenoxy) is 2. The zero-order valence-corrected chi connectivity index (χ0v) is 19.1. The molecule has 0 radical (unpaired) electrons. The number of aromatic nitrogens is 2. The average Bonchev–Trinajstić information content (AvgIpc) is 3.40. The van der Waals surface area contributed by atoms with Crippen molar-refractivity contribution in [2.75, 3.05) is 12.1 Å². The lowest BCUT2D eigenvalue weighted by Gasteiger charge is -2.09.